The summed E-state index contributed by atoms with van der Waals surface area (Å²) < 4.78 is 27.0. The number of aliphatic hydroxyl groups excluding tert-OH is 1. The number of sulfone groups is 1. The number of carbonyl (C=O) groups excluding carboxylic acids is 2. The number of piperidine rings is 3. The Balaban J connectivity index is 1.14. The van der Waals surface area contributed by atoms with Gasteiger partial charge in [-0.1, -0.05) is 17.7 Å². The van der Waals surface area contributed by atoms with Crippen LogP contribution in [-0.4, -0.2) is 98.9 Å². The van der Waals surface area contributed by atoms with Gasteiger partial charge in [-0.2, -0.15) is 0 Å². The number of nitrogens with zero attached hydrogens (tertiary/aromatic N) is 4. The van der Waals surface area contributed by atoms with Crippen LogP contribution in [-0.2, 0) is 19.4 Å². The average Bonchev–Trinajstić information content (AvgIpc) is 3.05. The Labute approximate surface area is 273 Å². The van der Waals surface area contributed by atoms with Crippen molar-refractivity contribution in [2.75, 3.05) is 62.2 Å². The number of carbonyl (C=O) groups is 2. The zero-order valence-corrected chi connectivity index (χ0v) is 28.1. The number of likely N-dealkylation sites (tertiary alicyclic amines) is 2. The summed E-state index contributed by atoms with van der Waals surface area (Å²) in [6, 6.07) is 13.0. The molecule has 11 heteroatoms. The Morgan fingerprint density at radius 1 is 0.911 bits per heavy atom. The molecule has 1 N–H and O–H groups in total. The number of halogens is 1. The van der Waals surface area contributed by atoms with Crippen LogP contribution in [0.1, 0.15) is 57.4 Å². The van der Waals surface area contributed by atoms with Crippen molar-refractivity contribution in [1.82, 2.24) is 9.80 Å². The molecule has 9 nitrogen and oxygen atoms in total. The van der Waals surface area contributed by atoms with Gasteiger partial charge in [0, 0.05) is 62.0 Å². The van der Waals surface area contributed by atoms with E-state index in [-0.39, 0.29) is 23.8 Å². The van der Waals surface area contributed by atoms with Gasteiger partial charge >= 0.3 is 0 Å². The van der Waals surface area contributed by atoms with E-state index in [1.165, 1.54) is 0 Å². The minimum atomic E-state index is -3.43. The first kappa shape index (κ1) is 33.7. The van der Waals surface area contributed by atoms with E-state index in [4.69, 9.17) is 11.6 Å². The molecule has 2 aromatic rings. The summed E-state index contributed by atoms with van der Waals surface area (Å²) in [5.74, 6) is -0.0112. The van der Waals surface area contributed by atoms with Crippen molar-refractivity contribution in [3.8, 4) is 0 Å². The minimum absolute atomic E-state index is 0.0487. The Bertz CT molecular complexity index is 1430. The first-order chi connectivity index (χ1) is 21.5. The maximum absolute atomic E-state index is 13.8. The van der Waals surface area contributed by atoms with E-state index in [9.17, 15) is 23.1 Å². The molecule has 3 fully saturated rings. The number of hydrogen-bond donors (Lipinski definition) is 1. The fourth-order valence-corrected chi connectivity index (χ4v) is 8.74. The van der Waals surface area contributed by atoms with E-state index < -0.39 is 15.1 Å². The second-order valence-electron chi connectivity index (χ2n) is 12.9. The molecule has 45 heavy (non-hydrogen) atoms. The van der Waals surface area contributed by atoms with Crippen molar-refractivity contribution in [2.45, 2.75) is 75.0 Å². The van der Waals surface area contributed by atoms with Crippen molar-refractivity contribution < 1.29 is 23.1 Å². The Morgan fingerprint density at radius 2 is 1.56 bits per heavy atom. The lowest BCUT2D eigenvalue weighted by molar-refractivity contribution is -0.133. The quantitative estimate of drug-likeness (QED) is 0.423. The van der Waals surface area contributed by atoms with Gasteiger partial charge in [0.2, 0.25) is 11.8 Å². The van der Waals surface area contributed by atoms with Gasteiger partial charge in [0.05, 0.1) is 16.2 Å². The molecule has 0 aliphatic carbocycles. The van der Waals surface area contributed by atoms with Crippen LogP contribution >= 0.6 is 11.6 Å². The van der Waals surface area contributed by atoms with Crippen LogP contribution in [0.15, 0.2) is 47.4 Å². The highest BCUT2D eigenvalue weighted by molar-refractivity contribution is 7.92. The summed E-state index contributed by atoms with van der Waals surface area (Å²) in [4.78, 5) is 34.1. The van der Waals surface area contributed by atoms with E-state index >= 15 is 0 Å². The lowest BCUT2D eigenvalue weighted by atomic mass is 9.94. The molecular weight excluding hydrogens is 612 g/mol. The summed E-state index contributed by atoms with van der Waals surface area (Å²) in [5, 5.41) is 10.00. The Kier molecular flexibility index (Phi) is 11.1. The molecule has 0 spiro atoms. The van der Waals surface area contributed by atoms with Crippen LogP contribution in [0.5, 0.6) is 0 Å². The third-order valence-corrected chi connectivity index (χ3v) is 12.5. The zero-order chi connectivity index (χ0) is 32.1. The summed E-state index contributed by atoms with van der Waals surface area (Å²) >= 11 is 6.45. The third-order valence-electron chi connectivity index (χ3n) is 9.85. The van der Waals surface area contributed by atoms with E-state index in [1.54, 1.807) is 24.0 Å². The van der Waals surface area contributed by atoms with Crippen LogP contribution < -0.4 is 9.80 Å². The highest BCUT2D eigenvalue weighted by Crippen LogP contribution is 2.30. The molecule has 0 aromatic heterocycles. The fraction of sp³-hybridized carbons (Fsp3) is 0.588. The predicted octanol–water partition coefficient (Wildman–Crippen LogP) is 4.53. The van der Waals surface area contributed by atoms with Crippen LogP contribution in [0, 0.1) is 12.8 Å². The molecule has 5 rings (SSSR count). The van der Waals surface area contributed by atoms with Gasteiger partial charge in [0.15, 0.2) is 9.84 Å². The van der Waals surface area contributed by atoms with Crippen LogP contribution in [0.25, 0.3) is 0 Å². The van der Waals surface area contributed by atoms with E-state index in [1.807, 2.05) is 42.2 Å². The van der Waals surface area contributed by atoms with Gasteiger partial charge in [-0.3, -0.25) is 9.59 Å². The van der Waals surface area contributed by atoms with E-state index in [0.717, 1.165) is 55.8 Å². The lowest BCUT2D eigenvalue weighted by Crippen LogP contribution is -2.45. The topological polar surface area (TPSA) is 101 Å². The second-order valence-corrected chi connectivity index (χ2v) is 15.5. The molecular formula is C34H47ClN4O5S. The SMILES string of the molecule is CC(=O)N1CCC(C(=O)N(CCCN2CCC(S(=O)(=O)c3ccc(N4CCC(O)CC4)cc3)CC2)c2ccc(C)c(Cl)c2)CC1. The van der Waals surface area contributed by atoms with Crippen LogP contribution in [0.4, 0.5) is 11.4 Å². The molecule has 0 atom stereocenters. The highest BCUT2D eigenvalue weighted by atomic mass is 35.5. The maximum Gasteiger partial charge on any atom is 0.230 e. The number of rotatable bonds is 9. The molecule has 2 aromatic carbocycles. The smallest absolute Gasteiger partial charge is 0.230 e. The lowest BCUT2D eigenvalue weighted by Gasteiger charge is -2.35. The maximum atomic E-state index is 13.8. The third kappa shape index (κ3) is 8.20. The molecule has 0 radical (unpaired) electrons. The Morgan fingerprint density at radius 3 is 2.16 bits per heavy atom. The Hall–Kier alpha value is -2.66. The average molecular weight is 659 g/mol. The first-order valence-corrected chi connectivity index (χ1v) is 18.3. The summed E-state index contributed by atoms with van der Waals surface area (Å²) in [6.45, 7) is 8.98. The van der Waals surface area contributed by atoms with Gasteiger partial charge in [-0.25, -0.2) is 8.42 Å². The van der Waals surface area contributed by atoms with Gasteiger partial charge in [0.1, 0.15) is 0 Å². The van der Waals surface area contributed by atoms with Gasteiger partial charge in [-0.15, -0.1) is 0 Å². The van der Waals surface area contributed by atoms with Gasteiger partial charge in [0.25, 0.3) is 0 Å². The van der Waals surface area contributed by atoms with Gasteiger partial charge < -0.3 is 24.7 Å². The second kappa shape index (κ2) is 14.8. The van der Waals surface area contributed by atoms with Crippen molar-refractivity contribution in [2.24, 2.45) is 5.92 Å². The van der Waals surface area contributed by atoms with Crippen LogP contribution in [0.3, 0.4) is 0 Å². The standard InChI is InChI=1S/C34H47ClN4O5S/c1-25-4-5-29(24-33(25)35)39(34(42)27-10-20-37(21-11-27)26(2)40)17-3-16-36-18-14-32(15-19-36)45(43,44)31-8-6-28(7-9-31)38-22-12-30(41)13-23-38/h4-9,24,27,30,32,41H,3,10-23H2,1-2H3. The molecule has 246 valence electrons. The number of amides is 2. The number of hydrogen-bond acceptors (Lipinski definition) is 7. The number of aliphatic hydroxyl groups is 1. The largest absolute Gasteiger partial charge is 0.393 e. The molecule has 3 aliphatic rings. The molecule has 0 unspecified atom stereocenters. The highest BCUT2D eigenvalue weighted by Gasteiger charge is 2.33. The summed E-state index contributed by atoms with van der Waals surface area (Å²) in [7, 11) is -3.43. The predicted molar refractivity (Wildman–Crippen MR) is 179 cm³/mol. The van der Waals surface area contributed by atoms with Crippen molar-refractivity contribution in [3.05, 3.63) is 53.1 Å². The first-order valence-electron chi connectivity index (χ1n) is 16.4. The summed E-state index contributed by atoms with van der Waals surface area (Å²) in [5.41, 5.74) is 2.75. The van der Waals surface area contributed by atoms with Gasteiger partial charge in [-0.05, 0) is 113 Å². The van der Waals surface area contributed by atoms with Crippen molar-refractivity contribution in [3.63, 3.8) is 0 Å². The zero-order valence-electron chi connectivity index (χ0n) is 26.5. The minimum Gasteiger partial charge on any atom is -0.393 e. The van der Waals surface area contributed by atoms with Crippen LogP contribution in [0.2, 0.25) is 5.02 Å². The fourth-order valence-electron chi connectivity index (χ4n) is 6.84. The van der Waals surface area contributed by atoms with E-state index in [2.05, 4.69) is 9.80 Å². The molecule has 3 aliphatic heterocycles. The molecule has 3 heterocycles. The van der Waals surface area contributed by atoms with Crippen molar-refractivity contribution >= 4 is 44.6 Å². The molecule has 0 saturated carbocycles. The molecule has 0 bridgehead atoms. The number of anilines is 2. The summed E-state index contributed by atoms with van der Waals surface area (Å²) in [6.07, 6.45) is 4.45. The molecule has 2 amide bonds. The van der Waals surface area contributed by atoms with Crippen molar-refractivity contribution in [1.29, 1.82) is 0 Å². The normalized spacial score (nSPS) is 19.6. The van der Waals surface area contributed by atoms with E-state index in [0.29, 0.717) is 68.3 Å². The number of aryl methyl sites for hydroxylation is 1. The molecule has 3 saturated heterocycles. The monoisotopic (exact) mass is 658 g/mol. The number of benzene rings is 2.